The number of carbonyl (C=O) groups is 1. The van der Waals surface area contributed by atoms with Gasteiger partial charge in [0.15, 0.2) is 0 Å². The number of carbonyl (C=O) groups excluding carboxylic acids is 1. The van der Waals surface area contributed by atoms with Crippen molar-refractivity contribution in [3.8, 4) is 12.3 Å². The molecule has 0 aliphatic carbocycles. The number of terminal acetylenes is 1. The van der Waals surface area contributed by atoms with Gasteiger partial charge in [0.2, 0.25) is 0 Å². The summed E-state index contributed by atoms with van der Waals surface area (Å²) in [5.74, 6) is 0.130. The van der Waals surface area contributed by atoms with E-state index in [1.165, 1.54) is 0 Å². The molecule has 0 radical (unpaired) electrons. The highest BCUT2D eigenvalue weighted by Gasteiger charge is 2.20. The molecule has 1 aromatic carbocycles. The fourth-order valence-corrected chi connectivity index (χ4v) is 1.06. The van der Waals surface area contributed by atoms with E-state index in [2.05, 4.69) is 11.2 Å². The third kappa shape index (κ3) is 2.80. The van der Waals surface area contributed by atoms with Crippen LogP contribution in [0, 0.1) is 24.0 Å². The molecule has 0 aliphatic heterocycles. The van der Waals surface area contributed by atoms with Crippen LogP contribution in [0.5, 0.6) is 0 Å². The Balaban J connectivity index is 2.98. The lowest BCUT2D eigenvalue weighted by molar-refractivity contribution is 0.0925. The molecule has 1 amide bonds. The maximum absolute atomic E-state index is 13.2. The van der Waals surface area contributed by atoms with Crippen LogP contribution in [-0.2, 0) is 0 Å². The van der Waals surface area contributed by atoms with Crippen molar-refractivity contribution in [3.63, 3.8) is 0 Å². The number of benzene rings is 1. The highest BCUT2D eigenvalue weighted by Crippen LogP contribution is 2.11. The van der Waals surface area contributed by atoms with Crippen molar-refractivity contribution in [3.05, 3.63) is 35.4 Å². The molecule has 0 unspecified atom stereocenters. The molecule has 0 atom stereocenters. The number of rotatable bonds is 2. The standard InChI is InChI=1S/C12H11F2NO/c1-4-12(2,3)15-11(16)9-7-8(13)5-6-10(9)14/h1,5-7H,2-3H3,(H,15,16). The lowest BCUT2D eigenvalue weighted by atomic mass is 10.1. The van der Waals surface area contributed by atoms with Gasteiger partial charge in [-0.05, 0) is 32.0 Å². The Labute approximate surface area is 92.7 Å². The number of nitrogens with one attached hydrogen (secondary N) is 1. The first-order valence-electron chi connectivity index (χ1n) is 4.61. The minimum atomic E-state index is -0.907. The summed E-state index contributed by atoms with van der Waals surface area (Å²) in [6.07, 6.45) is 5.17. The largest absolute Gasteiger partial charge is 0.336 e. The molecule has 84 valence electrons. The highest BCUT2D eigenvalue weighted by atomic mass is 19.1. The molecule has 0 heterocycles. The third-order valence-corrected chi connectivity index (χ3v) is 1.96. The Morgan fingerprint density at radius 2 is 2.06 bits per heavy atom. The van der Waals surface area contributed by atoms with Gasteiger partial charge in [0.25, 0.3) is 5.91 Å². The number of hydrogen-bond acceptors (Lipinski definition) is 1. The zero-order valence-electron chi connectivity index (χ0n) is 8.97. The average Bonchev–Trinajstić information content (AvgIpc) is 2.21. The second-order valence-electron chi connectivity index (χ2n) is 3.85. The fraction of sp³-hybridized carbons (Fsp3) is 0.250. The van der Waals surface area contributed by atoms with Gasteiger partial charge in [-0.25, -0.2) is 8.78 Å². The lowest BCUT2D eigenvalue weighted by Gasteiger charge is -2.19. The molecule has 2 nitrogen and oxygen atoms in total. The van der Waals surface area contributed by atoms with Crippen LogP contribution in [0.1, 0.15) is 24.2 Å². The number of amides is 1. The average molecular weight is 223 g/mol. The van der Waals surface area contributed by atoms with E-state index in [1.54, 1.807) is 13.8 Å². The fourth-order valence-electron chi connectivity index (χ4n) is 1.06. The summed E-state index contributed by atoms with van der Waals surface area (Å²) in [6.45, 7) is 3.17. The predicted octanol–water partition coefficient (Wildman–Crippen LogP) is 2.11. The summed E-state index contributed by atoms with van der Waals surface area (Å²) < 4.78 is 26.1. The minimum absolute atomic E-state index is 0.358. The molecular weight excluding hydrogens is 212 g/mol. The summed E-state index contributed by atoms with van der Waals surface area (Å²) in [6, 6.07) is 2.67. The van der Waals surface area contributed by atoms with Gasteiger partial charge in [-0.15, -0.1) is 6.42 Å². The van der Waals surface area contributed by atoms with E-state index in [0.717, 1.165) is 18.2 Å². The Morgan fingerprint density at radius 1 is 1.44 bits per heavy atom. The van der Waals surface area contributed by atoms with Crippen LogP contribution in [0.2, 0.25) is 0 Å². The topological polar surface area (TPSA) is 29.1 Å². The van der Waals surface area contributed by atoms with Crippen molar-refractivity contribution < 1.29 is 13.6 Å². The highest BCUT2D eigenvalue weighted by molar-refractivity contribution is 5.95. The summed E-state index contributed by atoms with van der Waals surface area (Å²) in [5, 5.41) is 2.41. The molecule has 0 saturated carbocycles. The molecule has 1 rings (SSSR count). The van der Waals surface area contributed by atoms with Crippen molar-refractivity contribution in [1.29, 1.82) is 0 Å². The SMILES string of the molecule is C#CC(C)(C)NC(=O)c1cc(F)ccc1F. The van der Waals surface area contributed by atoms with Gasteiger partial charge >= 0.3 is 0 Å². The number of halogens is 2. The van der Waals surface area contributed by atoms with Crippen LogP contribution in [0.4, 0.5) is 8.78 Å². The van der Waals surface area contributed by atoms with Gasteiger partial charge in [0.1, 0.15) is 11.6 Å². The molecule has 0 spiro atoms. The first-order valence-corrected chi connectivity index (χ1v) is 4.61. The summed E-state index contributed by atoms with van der Waals surface area (Å²) >= 11 is 0. The molecule has 16 heavy (non-hydrogen) atoms. The van der Waals surface area contributed by atoms with E-state index >= 15 is 0 Å². The van der Waals surface area contributed by atoms with Crippen molar-refractivity contribution >= 4 is 5.91 Å². The predicted molar refractivity (Wildman–Crippen MR) is 56.7 cm³/mol. The molecular formula is C12H11F2NO. The molecule has 0 bridgehead atoms. The van der Waals surface area contributed by atoms with Crippen LogP contribution in [0.3, 0.4) is 0 Å². The van der Waals surface area contributed by atoms with Gasteiger partial charge in [0.05, 0.1) is 11.1 Å². The summed E-state index contributed by atoms with van der Waals surface area (Å²) in [5.41, 5.74) is -1.26. The zero-order valence-corrected chi connectivity index (χ0v) is 8.97. The van der Waals surface area contributed by atoms with E-state index in [0.29, 0.717) is 0 Å². The smallest absolute Gasteiger partial charge is 0.255 e. The van der Waals surface area contributed by atoms with Gasteiger partial charge < -0.3 is 5.32 Å². The zero-order chi connectivity index (χ0) is 12.3. The normalized spacial score (nSPS) is 10.7. The van der Waals surface area contributed by atoms with Gasteiger partial charge in [-0.2, -0.15) is 0 Å². The lowest BCUT2D eigenvalue weighted by Crippen LogP contribution is -2.42. The first-order chi connectivity index (χ1) is 7.35. The maximum atomic E-state index is 13.2. The summed E-state index contributed by atoms with van der Waals surface area (Å²) in [4.78, 5) is 11.6. The second-order valence-corrected chi connectivity index (χ2v) is 3.85. The Kier molecular flexibility index (Phi) is 3.28. The summed E-state index contributed by atoms with van der Waals surface area (Å²) in [7, 11) is 0. The van der Waals surface area contributed by atoms with E-state index in [1.807, 2.05) is 0 Å². The molecule has 0 aromatic heterocycles. The third-order valence-electron chi connectivity index (χ3n) is 1.96. The monoisotopic (exact) mass is 223 g/mol. The molecule has 1 N–H and O–H groups in total. The molecule has 4 heteroatoms. The van der Waals surface area contributed by atoms with E-state index in [-0.39, 0.29) is 5.56 Å². The first kappa shape index (κ1) is 12.2. The van der Waals surface area contributed by atoms with Crippen LogP contribution in [0.15, 0.2) is 18.2 Å². The van der Waals surface area contributed by atoms with Crippen molar-refractivity contribution in [1.82, 2.24) is 5.32 Å². The van der Waals surface area contributed by atoms with Crippen molar-refractivity contribution in [2.45, 2.75) is 19.4 Å². The molecule has 0 fully saturated rings. The Bertz CT molecular complexity index is 461. The van der Waals surface area contributed by atoms with E-state index < -0.39 is 23.1 Å². The Hall–Kier alpha value is -1.89. The van der Waals surface area contributed by atoms with Crippen LogP contribution < -0.4 is 5.32 Å². The maximum Gasteiger partial charge on any atom is 0.255 e. The van der Waals surface area contributed by atoms with Crippen LogP contribution >= 0.6 is 0 Å². The van der Waals surface area contributed by atoms with Gasteiger partial charge in [0, 0.05) is 0 Å². The van der Waals surface area contributed by atoms with Crippen molar-refractivity contribution in [2.24, 2.45) is 0 Å². The van der Waals surface area contributed by atoms with Gasteiger partial charge in [-0.1, -0.05) is 5.92 Å². The van der Waals surface area contributed by atoms with E-state index in [9.17, 15) is 13.6 Å². The van der Waals surface area contributed by atoms with Crippen LogP contribution in [0.25, 0.3) is 0 Å². The van der Waals surface area contributed by atoms with Crippen molar-refractivity contribution in [2.75, 3.05) is 0 Å². The van der Waals surface area contributed by atoms with E-state index in [4.69, 9.17) is 6.42 Å². The second kappa shape index (κ2) is 4.31. The molecule has 1 aromatic rings. The Morgan fingerprint density at radius 3 is 2.62 bits per heavy atom. The van der Waals surface area contributed by atoms with Crippen LogP contribution in [-0.4, -0.2) is 11.4 Å². The molecule has 0 aliphatic rings. The van der Waals surface area contributed by atoms with Gasteiger partial charge in [-0.3, -0.25) is 4.79 Å². The number of hydrogen-bond donors (Lipinski definition) is 1. The minimum Gasteiger partial charge on any atom is -0.336 e. The molecule has 0 saturated heterocycles. The quantitative estimate of drug-likeness (QED) is 0.764.